The molecule has 0 radical (unpaired) electrons. The number of sulfonamides is 1. The van der Waals surface area contributed by atoms with Gasteiger partial charge in [-0.15, -0.1) is 0 Å². The fourth-order valence-electron chi connectivity index (χ4n) is 3.96. The molecule has 4 rings (SSSR count). The van der Waals surface area contributed by atoms with E-state index in [0.717, 1.165) is 28.1 Å². The molecular formula is C21H25N3O3S. The monoisotopic (exact) mass is 399 g/mol. The lowest BCUT2D eigenvalue weighted by Crippen LogP contribution is -2.48. The fraction of sp³-hybridized carbons (Fsp3) is 0.381. The van der Waals surface area contributed by atoms with Gasteiger partial charge in [-0.25, -0.2) is 8.42 Å². The molecule has 2 heterocycles. The average molecular weight is 400 g/mol. The summed E-state index contributed by atoms with van der Waals surface area (Å²) in [6, 6.07) is 11.6. The number of likely N-dealkylation sites (N-methyl/N-ethyl adjacent to an activating group) is 1. The van der Waals surface area contributed by atoms with Crippen molar-refractivity contribution in [3.63, 3.8) is 0 Å². The van der Waals surface area contributed by atoms with Crippen LogP contribution in [-0.4, -0.2) is 51.9 Å². The van der Waals surface area contributed by atoms with Gasteiger partial charge in [-0.2, -0.15) is 4.31 Å². The minimum absolute atomic E-state index is 0.108. The minimum atomic E-state index is -3.49. The van der Waals surface area contributed by atoms with E-state index < -0.39 is 10.0 Å². The number of aryl methyl sites for hydroxylation is 2. The maximum absolute atomic E-state index is 13.1. The van der Waals surface area contributed by atoms with Gasteiger partial charge in [0.2, 0.25) is 15.9 Å². The number of benzene rings is 2. The summed E-state index contributed by atoms with van der Waals surface area (Å²) in [4.78, 5) is 16.2. The molecule has 0 atom stereocenters. The van der Waals surface area contributed by atoms with Gasteiger partial charge in [0.05, 0.1) is 11.3 Å². The zero-order valence-corrected chi connectivity index (χ0v) is 17.3. The van der Waals surface area contributed by atoms with Crippen LogP contribution < -0.4 is 9.80 Å². The summed E-state index contributed by atoms with van der Waals surface area (Å²) < 4.78 is 27.8. The van der Waals surface area contributed by atoms with Crippen LogP contribution in [0, 0.1) is 13.8 Å². The molecule has 0 unspecified atom stereocenters. The molecule has 2 aliphatic heterocycles. The number of carbonyl (C=O) groups is 1. The van der Waals surface area contributed by atoms with Crippen LogP contribution in [0.3, 0.4) is 0 Å². The number of fused-ring (bicyclic) bond motifs is 1. The highest BCUT2D eigenvalue weighted by Crippen LogP contribution is 2.32. The summed E-state index contributed by atoms with van der Waals surface area (Å²) in [7, 11) is -1.69. The lowest BCUT2D eigenvalue weighted by atomic mass is 10.1. The van der Waals surface area contributed by atoms with Gasteiger partial charge in [0.25, 0.3) is 0 Å². The van der Waals surface area contributed by atoms with Gasteiger partial charge >= 0.3 is 0 Å². The second-order valence-electron chi connectivity index (χ2n) is 7.60. The first-order chi connectivity index (χ1) is 13.3. The largest absolute Gasteiger partial charge is 0.369 e. The summed E-state index contributed by atoms with van der Waals surface area (Å²) in [6.45, 7) is 5.91. The summed E-state index contributed by atoms with van der Waals surface area (Å²) in [5.41, 5.74) is 4.77. The van der Waals surface area contributed by atoms with E-state index in [1.54, 1.807) is 22.3 Å². The van der Waals surface area contributed by atoms with Crippen molar-refractivity contribution >= 4 is 27.3 Å². The van der Waals surface area contributed by atoms with Crippen LogP contribution in [0.2, 0.25) is 0 Å². The molecule has 2 aromatic rings. The van der Waals surface area contributed by atoms with Gasteiger partial charge in [0.1, 0.15) is 0 Å². The van der Waals surface area contributed by atoms with Crippen LogP contribution in [0.5, 0.6) is 0 Å². The van der Waals surface area contributed by atoms with E-state index >= 15 is 0 Å². The predicted octanol–water partition coefficient (Wildman–Crippen LogP) is 2.33. The molecule has 7 heteroatoms. The Balaban J connectivity index is 1.50. The fourth-order valence-corrected chi connectivity index (χ4v) is 5.70. The van der Waals surface area contributed by atoms with E-state index in [9.17, 15) is 13.2 Å². The Kier molecular flexibility index (Phi) is 4.67. The van der Waals surface area contributed by atoms with Gasteiger partial charge in [-0.3, -0.25) is 4.79 Å². The van der Waals surface area contributed by atoms with Crippen LogP contribution in [0.25, 0.3) is 0 Å². The van der Waals surface area contributed by atoms with Crippen molar-refractivity contribution in [1.82, 2.24) is 4.31 Å². The molecular weight excluding hydrogens is 374 g/mol. The number of amides is 1. The Labute approximate surface area is 166 Å². The zero-order chi connectivity index (χ0) is 20.1. The van der Waals surface area contributed by atoms with Gasteiger partial charge < -0.3 is 9.80 Å². The van der Waals surface area contributed by atoms with Crippen molar-refractivity contribution in [2.75, 3.05) is 43.0 Å². The normalized spacial score (nSPS) is 17.9. The maximum Gasteiger partial charge on any atom is 0.243 e. The van der Waals surface area contributed by atoms with E-state index in [1.807, 2.05) is 38.1 Å². The average Bonchev–Trinajstić information content (AvgIpc) is 2.97. The lowest BCUT2D eigenvalue weighted by molar-refractivity contribution is -0.117. The molecule has 148 valence electrons. The molecule has 0 spiro atoms. The summed E-state index contributed by atoms with van der Waals surface area (Å²) in [5.74, 6) is 0.108. The van der Waals surface area contributed by atoms with E-state index in [4.69, 9.17) is 0 Å². The van der Waals surface area contributed by atoms with Crippen LogP contribution in [0.15, 0.2) is 41.3 Å². The first-order valence-corrected chi connectivity index (χ1v) is 10.9. The number of hydrogen-bond donors (Lipinski definition) is 0. The molecule has 1 saturated heterocycles. The molecule has 2 aliphatic rings. The van der Waals surface area contributed by atoms with Crippen molar-refractivity contribution < 1.29 is 13.2 Å². The molecule has 0 bridgehead atoms. The first-order valence-electron chi connectivity index (χ1n) is 9.49. The number of piperazine rings is 1. The molecule has 1 amide bonds. The van der Waals surface area contributed by atoms with Crippen molar-refractivity contribution in [2.24, 2.45) is 0 Å². The highest BCUT2D eigenvalue weighted by atomic mass is 32.2. The van der Waals surface area contributed by atoms with Crippen molar-refractivity contribution in [3.8, 4) is 0 Å². The molecule has 0 aromatic heterocycles. The summed E-state index contributed by atoms with van der Waals surface area (Å²) >= 11 is 0. The molecule has 0 aliphatic carbocycles. The van der Waals surface area contributed by atoms with Crippen LogP contribution >= 0.6 is 0 Å². The molecule has 28 heavy (non-hydrogen) atoms. The Hall–Kier alpha value is -2.38. The summed E-state index contributed by atoms with van der Waals surface area (Å²) in [6.07, 6.45) is 0.431. The number of anilines is 2. The maximum atomic E-state index is 13.1. The standard InChI is InChI=1S/C21H25N3O3S/c1-15-4-5-16(2)20(12-15)28(26,27)24-10-8-23(9-11-24)18-6-7-19-17(13-18)14-21(25)22(19)3/h4-7,12-13H,8-11,14H2,1-3H3. The number of hydrogen-bond acceptors (Lipinski definition) is 4. The molecule has 2 aromatic carbocycles. The zero-order valence-electron chi connectivity index (χ0n) is 16.5. The summed E-state index contributed by atoms with van der Waals surface area (Å²) in [5, 5.41) is 0. The number of carbonyl (C=O) groups excluding carboxylic acids is 1. The second-order valence-corrected chi connectivity index (χ2v) is 9.51. The highest BCUT2D eigenvalue weighted by molar-refractivity contribution is 7.89. The SMILES string of the molecule is Cc1ccc(C)c(S(=O)(=O)N2CCN(c3ccc4c(c3)CC(=O)N4C)CC2)c1. The molecule has 1 fully saturated rings. The third-order valence-electron chi connectivity index (χ3n) is 5.71. The second kappa shape index (κ2) is 6.90. The van der Waals surface area contributed by atoms with Crippen LogP contribution in [-0.2, 0) is 21.2 Å². The molecule has 0 saturated carbocycles. The van der Waals surface area contributed by atoms with Crippen molar-refractivity contribution in [3.05, 3.63) is 53.1 Å². The Bertz CT molecular complexity index is 1040. The van der Waals surface area contributed by atoms with Crippen LogP contribution in [0.4, 0.5) is 11.4 Å². The van der Waals surface area contributed by atoms with Gasteiger partial charge in [0, 0.05) is 44.6 Å². The minimum Gasteiger partial charge on any atom is -0.369 e. The van der Waals surface area contributed by atoms with Crippen molar-refractivity contribution in [1.29, 1.82) is 0 Å². The highest BCUT2D eigenvalue weighted by Gasteiger charge is 2.30. The Morgan fingerprint density at radius 3 is 2.36 bits per heavy atom. The predicted molar refractivity (Wildman–Crippen MR) is 110 cm³/mol. The van der Waals surface area contributed by atoms with Gasteiger partial charge in [-0.05, 0) is 54.8 Å². The van der Waals surface area contributed by atoms with E-state index in [-0.39, 0.29) is 5.91 Å². The lowest BCUT2D eigenvalue weighted by Gasteiger charge is -2.35. The smallest absolute Gasteiger partial charge is 0.243 e. The number of rotatable bonds is 3. The van der Waals surface area contributed by atoms with Gasteiger partial charge in [0.15, 0.2) is 0 Å². The Morgan fingerprint density at radius 2 is 1.64 bits per heavy atom. The van der Waals surface area contributed by atoms with E-state index in [2.05, 4.69) is 11.0 Å². The van der Waals surface area contributed by atoms with Crippen molar-refractivity contribution in [2.45, 2.75) is 25.2 Å². The topological polar surface area (TPSA) is 60.9 Å². The third-order valence-corrected chi connectivity index (χ3v) is 7.75. The first kappa shape index (κ1) is 19.0. The van der Waals surface area contributed by atoms with E-state index in [0.29, 0.717) is 37.5 Å². The van der Waals surface area contributed by atoms with Crippen LogP contribution in [0.1, 0.15) is 16.7 Å². The van der Waals surface area contributed by atoms with Gasteiger partial charge in [-0.1, -0.05) is 12.1 Å². The Morgan fingerprint density at radius 1 is 0.929 bits per heavy atom. The quantitative estimate of drug-likeness (QED) is 0.795. The molecule has 0 N–H and O–H groups in total. The third kappa shape index (κ3) is 3.18. The number of nitrogens with zero attached hydrogens (tertiary/aromatic N) is 3. The van der Waals surface area contributed by atoms with E-state index in [1.165, 1.54) is 0 Å². The molecule has 6 nitrogen and oxygen atoms in total.